The molecular formula is C10H22O2. The zero-order chi connectivity index (χ0) is 9.40. The minimum absolute atomic E-state index is 0.294. The van der Waals surface area contributed by atoms with Crippen LogP contribution in [0.5, 0.6) is 0 Å². The van der Waals surface area contributed by atoms with Gasteiger partial charge in [0.15, 0.2) is 0 Å². The van der Waals surface area contributed by atoms with Gasteiger partial charge in [0.25, 0.3) is 0 Å². The van der Waals surface area contributed by atoms with Crippen molar-refractivity contribution in [2.75, 3.05) is 13.2 Å². The van der Waals surface area contributed by atoms with Gasteiger partial charge in [0, 0.05) is 6.61 Å². The second kappa shape index (κ2) is 7.56. The monoisotopic (exact) mass is 174 g/mol. The van der Waals surface area contributed by atoms with Crippen LogP contribution in [0.4, 0.5) is 0 Å². The van der Waals surface area contributed by atoms with Gasteiger partial charge in [-0.25, -0.2) is 0 Å². The molecule has 12 heavy (non-hydrogen) atoms. The first kappa shape index (κ1) is 11.9. The van der Waals surface area contributed by atoms with Gasteiger partial charge in [0.1, 0.15) is 0 Å². The zero-order valence-corrected chi connectivity index (χ0v) is 8.80. The Morgan fingerprint density at radius 2 is 1.75 bits per heavy atom. The summed E-state index contributed by atoms with van der Waals surface area (Å²) in [6.45, 7) is 9.81. The highest BCUT2D eigenvalue weighted by atomic mass is 16.5. The van der Waals surface area contributed by atoms with Crippen molar-refractivity contribution in [3.63, 3.8) is 0 Å². The van der Waals surface area contributed by atoms with E-state index in [0.29, 0.717) is 12.2 Å². The molecular weight excluding hydrogens is 152 g/mol. The normalized spacial score (nSPS) is 13.8. The summed E-state index contributed by atoms with van der Waals surface area (Å²) >= 11 is 0. The van der Waals surface area contributed by atoms with Crippen LogP contribution in [0.1, 0.15) is 40.5 Å². The average molecular weight is 174 g/mol. The highest BCUT2D eigenvalue weighted by molar-refractivity contribution is 4.56. The fourth-order valence-electron chi connectivity index (χ4n) is 1.07. The summed E-state index contributed by atoms with van der Waals surface area (Å²) in [5, 5.41) is 0. The van der Waals surface area contributed by atoms with Crippen LogP contribution in [0.15, 0.2) is 0 Å². The average Bonchev–Trinajstić information content (AvgIpc) is 2.01. The van der Waals surface area contributed by atoms with E-state index in [1.54, 1.807) is 0 Å². The third kappa shape index (κ3) is 6.62. The summed E-state index contributed by atoms with van der Waals surface area (Å²) < 4.78 is 11.0. The molecule has 0 aromatic carbocycles. The number of hydrogen-bond donors (Lipinski definition) is 0. The van der Waals surface area contributed by atoms with Crippen LogP contribution in [0.3, 0.4) is 0 Å². The van der Waals surface area contributed by atoms with Crippen molar-refractivity contribution in [1.29, 1.82) is 0 Å². The second-order valence-electron chi connectivity index (χ2n) is 3.25. The van der Waals surface area contributed by atoms with Crippen molar-refractivity contribution in [1.82, 2.24) is 0 Å². The standard InChI is InChI=1S/C10H22O2/c1-5-7-10(11-6-2)8-12-9(3)4/h9-10H,5-8H2,1-4H3. The first-order valence-corrected chi connectivity index (χ1v) is 4.93. The van der Waals surface area contributed by atoms with Crippen molar-refractivity contribution in [3.8, 4) is 0 Å². The van der Waals surface area contributed by atoms with E-state index in [0.717, 1.165) is 26.1 Å². The van der Waals surface area contributed by atoms with Gasteiger partial charge in [-0.3, -0.25) is 0 Å². The molecule has 2 heteroatoms. The lowest BCUT2D eigenvalue weighted by Crippen LogP contribution is -2.21. The molecule has 2 nitrogen and oxygen atoms in total. The van der Waals surface area contributed by atoms with E-state index in [1.165, 1.54) is 0 Å². The van der Waals surface area contributed by atoms with Gasteiger partial charge in [0.05, 0.1) is 18.8 Å². The molecule has 0 aliphatic heterocycles. The molecule has 74 valence electrons. The van der Waals surface area contributed by atoms with E-state index in [9.17, 15) is 0 Å². The molecule has 0 rings (SSSR count). The Kier molecular flexibility index (Phi) is 7.51. The van der Waals surface area contributed by atoms with Crippen molar-refractivity contribution in [2.24, 2.45) is 0 Å². The maximum absolute atomic E-state index is 5.51. The molecule has 0 heterocycles. The Morgan fingerprint density at radius 3 is 2.17 bits per heavy atom. The predicted octanol–water partition coefficient (Wildman–Crippen LogP) is 2.62. The Hall–Kier alpha value is -0.0800. The fourth-order valence-corrected chi connectivity index (χ4v) is 1.07. The summed E-state index contributed by atoms with van der Waals surface area (Å²) in [6, 6.07) is 0. The largest absolute Gasteiger partial charge is 0.376 e. The number of rotatable bonds is 7. The molecule has 0 bridgehead atoms. The molecule has 1 unspecified atom stereocenters. The third-order valence-corrected chi connectivity index (χ3v) is 1.63. The topological polar surface area (TPSA) is 18.5 Å². The Morgan fingerprint density at radius 1 is 1.08 bits per heavy atom. The smallest absolute Gasteiger partial charge is 0.0808 e. The maximum atomic E-state index is 5.51. The van der Waals surface area contributed by atoms with Gasteiger partial charge in [-0.1, -0.05) is 13.3 Å². The Bertz CT molecular complexity index is 85.8. The predicted molar refractivity (Wildman–Crippen MR) is 51.4 cm³/mol. The number of ether oxygens (including phenoxy) is 2. The van der Waals surface area contributed by atoms with Crippen LogP contribution >= 0.6 is 0 Å². The lowest BCUT2D eigenvalue weighted by Gasteiger charge is -2.17. The SMILES string of the molecule is CCCC(COC(C)C)OCC. The lowest BCUT2D eigenvalue weighted by atomic mass is 10.2. The molecule has 0 aromatic rings. The summed E-state index contributed by atoms with van der Waals surface area (Å²) in [6.07, 6.45) is 2.86. The minimum Gasteiger partial charge on any atom is -0.376 e. The molecule has 0 radical (unpaired) electrons. The van der Waals surface area contributed by atoms with Crippen molar-refractivity contribution < 1.29 is 9.47 Å². The van der Waals surface area contributed by atoms with Crippen LogP contribution in [0.25, 0.3) is 0 Å². The van der Waals surface area contributed by atoms with Crippen LogP contribution < -0.4 is 0 Å². The van der Waals surface area contributed by atoms with Gasteiger partial charge in [0.2, 0.25) is 0 Å². The first-order chi connectivity index (χ1) is 5.70. The van der Waals surface area contributed by atoms with Crippen LogP contribution in [0, 0.1) is 0 Å². The summed E-state index contributed by atoms with van der Waals surface area (Å²) in [5.41, 5.74) is 0. The van der Waals surface area contributed by atoms with Crippen molar-refractivity contribution in [3.05, 3.63) is 0 Å². The second-order valence-corrected chi connectivity index (χ2v) is 3.25. The van der Waals surface area contributed by atoms with Crippen molar-refractivity contribution >= 4 is 0 Å². The zero-order valence-electron chi connectivity index (χ0n) is 8.80. The van der Waals surface area contributed by atoms with Gasteiger partial charge >= 0.3 is 0 Å². The van der Waals surface area contributed by atoms with Gasteiger partial charge in [-0.15, -0.1) is 0 Å². The Labute approximate surface area is 76.3 Å². The number of hydrogen-bond acceptors (Lipinski definition) is 2. The van der Waals surface area contributed by atoms with E-state index in [2.05, 4.69) is 20.8 Å². The molecule has 0 saturated heterocycles. The van der Waals surface area contributed by atoms with E-state index >= 15 is 0 Å². The molecule has 0 fully saturated rings. The van der Waals surface area contributed by atoms with E-state index < -0.39 is 0 Å². The molecule has 0 saturated carbocycles. The first-order valence-electron chi connectivity index (χ1n) is 4.93. The van der Waals surface area contributed by atoms with Crippen LogP contribution in [0.2, 0.25) is 0 Å². The molecule has 0 aliphatic carbocycles. The third-order valence-electron chi connectivity index (χ3n) is 1.63. The quantitative estimate of drug-likeness (QED) is 0.590. The Balaban J connectivity index is 3.48. The molecule has 0 N–H and O–H groups in total. The van der Waals surface area contributed by atoms with E-state index in [1.807, 2.05) is 6.92 Å². The molecule has 0 aliphatic rings. The van der Waals surface area contributed by atoms with Crippen LogP contribution in [-0.2, 0) is 9.47 Å². The highest BCUT2D eigenvalue weighted by Crippen LogP contribution is 2.04. The maximum Gasteiger partial charge on any atom is 0.0808 e. The molecule has 0 spiro atoms. The minimum atomic E-state index is 0.294. The molecule has 0 amide bonds. The summed E-state index contributed by atoms with van der Waals surface area (Å²) in [4.78, 5) is 0. The van der Waals surface area contributed by atoms with Gasteiger partial charge in [-0.2, -0.15) is 0 Å². The van der Waals surface area contributed by atoms with Gasteiger partial charge in [-0.05, 0) is 27.2 Å². The lowest BCUT2D eigenvalue weighted by molar-refractivity contribution is -0.0345. The van der Waals surface area contributed by atoms with Crippen molar-refractivity contribution in [2.45, 2.75) is 52.7 Å². The summed E-state index contributed by atoms with van der Waals surface area (Å²) in [5.74, 6) is 0. The summed E-state index contributed by atoms with van der Waals surface area (Å²) in [7, 11) is 0. The molecule has 0 aromatic heterocycles. The van der Waals surface area contributed by atoms with E-state index in [-0.39, 0.29) is 0 Å². The molecule has 1 atom stereocenters. The van der Waals surface area contributed by atoms with Gasteiger partial charge < -0.3 is 9.47 Å². The highest BCUT2D eigenvalue weighted by Gasteiger charge is 2.07. The fraction of sp³-hybridized carbons (Fsp3) is 1.00. The van der Waals surface area contributed by atoms with E-state index in [4.69, 9.17) is 9.47 Å². The van der Waals surface area contributed by atoms with Crippen LogP contribution in [-0.4, -0.2) is 25.4 Å².